The van der Waals surface area contributed by atoms with Gasteiger partial charge in [0, 0.05) is 13.0 Å². The summed E-state index contributed by atoms with van der Waals surface area (Å²) in [7, 11) is 0. The van der Waals surface area contributed by atoms with Crippen LogP contribution in [-0.2, 0) is 6.42 Å². The van der Waals surface area contributed by atoms with Gasteiger partial charge >= 0.3 is 0 Å². The normalized spacial score (nSPS) is 12.9. The molecule has 72 valence electrons. The van der Waals surface area contributed by atoms with E-state index in [1.54, 1.807) is 6.07 Å². The average molecular weight is 183 g/mol. The van der Waals surface area contributed by atoms with Gasteiger partial charge in [-0.25, -0.2) is 4.39 Å². The predicted molar refractivity (Wildman–Crippen MR) is 49.9 cm³/mol. The van der Waals surface area contributed by atoms with Crippen molar-refractivity contribution in [1.82, 2.24) is 0 Å². The van der Waals surface area contributed by atoms with E-state index in [2.05, 4.69) is 0 Å². The summed E-state index contributed by atoms with van der Waals surface area (Å²) in [4.78, 5) is 0. The Morgan fingerprint density at radius 3 is 2.77 bits per heavy atom. The molecular weight excluding hydrogens is 169 g/mol. The summed E-state index contributed by atoms with van der Waals surface area (Å²) in [6, 6.07) is 4.87. The molecule has 3 heteroatoms. The third kappa shape index (κ3) is 2.50. The molecule has 0 saturated heterocycles. The molecule has 0 fully saturated rings. The zero-order chi connectivity index (χ0) is 9.84. The van der Waals surface area contributed by atoms with Gasteiger partial charge in [0.05, 0.1) is 6.10 Å². The Balaban J connectivity index is 2.87. The minimum atomic E-state index is -0.657. The van der Waals surface area contributed by atoms with Crippen LogP contribution in [0, 0.1) is 12.7 Å². The molecule has 0 aliphatic rings. The Morgan fingerprint density at radius 2 is 2.23 bits per heavy atom. The topological polar surface area (TPSA) is 46.2 Å². The van der Waals surface area contributed by atoms with E-state index in [1.165, 1.54) is 6.07 Å². The van der Waals surface area contributed by atoms with Crippen molar-refractivity contribution >= 4 is 0 Å². The van der Waals surface area contributed by atoms with Crippen LogP contribution >= 0.6 is 0 Å². The van der Waals surface area contributed by atoms with E-state index >= 15 is 0 Å². The van der Waals surface area contributed by atoms with Crippen molar-refractivity contribution in [2.24, 2.45) is 5.73 Å². The maximum absolute atomic E-state index is 13.2. The van der Waals surface area contributed by atoms with Crippen molar-refractivity contribution in [3.05, 3.63) is 35.1 Å². The highest BCUT2D eigenvalue weighted by atomic mass is 19.1. The lowest BCUT2D eigenvalue weighted by atomic mass is 10.0. The molecule has 1 unspecified atom stereocenters. The summed E-state index contributed by atoms with van der Waals surface area (Å²) in [5, 5.41) is 9.27. The highest BCUT2D eigenvalue weighted by molar-refractivity contribution is 5.27. The fourth-order valence-electron chi connectivity index (χ4n) is 1.24. The third-order valence-corrected chi connectivity index (χ3v) is 2.06. The summed E-state index contributed by atoms with van der Waals surface area (Å²) in [5.74, 6) is -0.271. The van der Waals surface area contributed by atoms with Gasteiger partial charge in [-0.1, -0.05) is 12.1 Å². The molecule has 0 radical (unpaired) electrons. The summed E-state index contributed by atoms with van der Waals surface area (Å²) in [5.41, 5.74) is 6.66. The van der Waals surface area contributed by atoms with E-state index in [0.717, 1.165) is 5.56 Å². The molecule has 0 heterocycles. The van der Waals surface area contributed by atoms with Gasteiger partial charge < -0.3 is 10.8 Å². The molecule has 2 nitrogen and oxygen atoms in total. The van der Waals surface area contributed by atoms with Gasteiger partial charge in [0.25, 0.3) is 0 Å². The van der Waals surface area contributed by atoms with E-state index in [-0.39, 0.29) is 18.8 Å². The molecule has 0 bridgehead atoms. The SMILES string of the molecule is Cc1cccc(F)c1CC(O)CN. The van der Waals surface area contributed by atoms with Crippen LogP contribution in [0.5, 0.6) is 0 Å². The molecule has 0 aliphatic carbocycles. The van der Waals surface area contributed by atoms with Gasteiger partial charge in [-0.15, -0.1) is 0 Å². The summed E-state index contributed by atoms with van der Waals surface area (Å²) >= 11 is 0. The first-order valence-corrected chi connectivity index (χ1v) is 4.27. The molecule has 1 aromatic rings. The van der Waals surface area contributed by atoms with Crippen molar-refractivity contribution in [2.75, 3.05) is 6.54 Å². The smallest absolute Gasteiger partial charge is 0.126 e. The van der Waals surface area contributed by atoms with Crippen LogP contribution in [0.25, 0.3) is 0 Å². The monoisotopic (exact) mass is 183 g/mol. The molecule has 0 aliphatic heterocycles. The van der Waals surface area contributed by atoms with E-state index in [9.17, 15) is 9.50 Å². The molecule has 0 saturated carbocycles. The quantitative estimate of drug-likeness (QED) is 0.734. The number of aliphatic hydroxyl groups is 1. The molecule has 13 heavy (non-hydrogen) atoms. The maximum atomic E-state index is 13.2. The molecule has 1 atom stereocenters. The van der Waals surface area contributed by atoms with Crippen LogP contribution in [0.1, 0.15) is 11.1 Å². The van der Waals surface area contributed by atoms with Gasteiger partial charge in [-0.2, -0.15) is 0 Å². The lowest BCUT2D eigenvalue weighted by Gasteiger charge is -2.10. The number of aliphatic hydroxyl groups excluding tert-OH is 1. The van der Waals surface area contributed by atoms with E-state index in [0.29, 0.717) is 5.56 Å². The fraction of sp³-hybridized carbons (Fsp3) is 0.400. The first kappa shape index (κ1) is 10.2. The van der Waals surface area contributed by atoms with E-state index < -0.39 is 6.10 Å². The predicted octanol–water partition coefficient (Wildman–Crippen LogP) is 0.996. The Kier molecular flexibility index (Phi) is 3.39. The second-order valence-corrected chi connectivity index (χ2v) is 3.13. The summed E-state index contributed by atoms with van der Waals surface area (Å²) in [6.07, 6.45) is -0.370. The van der Waals surface area contributed by atoms with Gasteiger partial charge in [-0.05, 0) is 24.1 Å². The van der Waals surface area contributed by atoms with Crippen LogP contribution in [0.4, 0.5) is 4.39 Å². The average Bonchev–Trinajstić information content (AvgIpc) is 2.11. The Morgan fingerprint density at radius 1 is 1.54 bits per heavy atom. The van der Waals surface area contributed by atoms with Gasteiger partial charge in [-0.3, -0.25) is 0 Å². The van der Waals surface area contributed by atoms with Crippen LogP contribution in [0.2, 0.25) is 0 Å². The van der Waals surface area contributed by atoms with Crippen LogP contribution in [-0.4, -0.2) is 17.8 Å². The van der Waals surface area contributed by atoms with Crippen molar-refractivity contribution in [2.45, 2.75) is 19.4 Å². The van der Waals surface area contributed by atoms with Gasteiger partial charge in [0.15, 0.2) is 0 Å². The zero-order valence-electron chi connectivity index (χ0n) is 7.63. The Labute approximate surface area is 77.2 Å². The zero-order valence-corrected chi connectivity index (χ0v) is 7.63. The van der Waals surface area contributed by atoms with E-state index in [4.69, 9.17) is 5.73 Å². The van der Waals surface area contributed by atoms with Crippen molar-refractivity contribution in [1.29, 1.82) is 0 Å². The van der Waals surface area contributed by atoms with Crippen LogP contribution in [0.15, 0.2) is 18.2 Å². The number of hydrogen-bond acceptors (Lipinski definition) is 2. The van der Waals surface area contributed by atoms with Crippen molar-refractivity contribution < 1.29 is 9.50 Å². The Hall–Kier alpha value is -0.930. The second kappa shape index (κ2) is 4.35. The molecule has 0 spiro atoms. The van der Waals surface area contributed by atoms with Gasteiger partial charge in [0.1, 0.15) is 5.82 Å². The summed E-state index contributed by atoms with van der Waals surface area (Å²) < 4.78 is 13.2. The van der Waals surface area contributed by atoms with Crippen LogP contribution in [0.3, 0.4) is 0 Å². The number of benzene rings is 1. The highest BCUT2D eigenvalue weighted by Crippen LogP contribution is 2.14. The number of halogens is 1. The van der Waals surface area contributed by atoms with E-state index in [1.807, 2.05) is 13.0 Å². The molecule has 3 N–H and O–H groups in total. The first-order valence-electron chi connectivity index (χ1n) is 4.27. The number of hydrogen-bond donors (Lipinski definition) is 2. The first-order chi connectivity index (χ1) is 6.15. The molecule has 1 aromatic carbocycles. The summed E-state index contributed by atoms with van der Waals surface area (Å²) in [6.45, 7) is 1.98. The van der Waals surface area contributed by atoms with Crippen molar-refractivity contribution in [3.63, 3.8) is 0 Å². The highest BCUT2D eigenvalue weighted by Gasteiger charge is 2.09. The molecular formula is C10H14FNO. The fourth-order valence-corrected chi connectivity index (χ4v) is 1.24. The second-order valence-electron chi connectivity index (χ2n) is 3.13. The minimum absolute atomic E-state index is 0.160. The molecule has 1 rings (SSSR count). The largest absolute Gasteiger partial charge is 0.391 e. The lowest BCUT2D eigenvalue weighted by molar-refractivity contribution is 0.182. The number of rotatable bonds is 3. The minimum Gasteiger partial charge on any atom is -0.391 e. The van der Waals surface area contributed by atoms with Crippen LogP contribution < -0.4 is 5.73 Å². The van der Waals surface area contributed by atoms with Crippen molar-refractivity contribution in [3.8, 4) is 0 Å². The number of nitrogens with two attached hydrogens (primary N) is 1. The Bertz CT molecular complexity index is 268. The van der Waals surface area contributed by atoms with Gasteiger partial charge in [0.2, 0.25) is 0 Å². The third-order valence-electron chi connectivity index (χ3n) is 2.06. The molecule has 0 amide bonds. The lowest BCUT2D eigenvalue weighted by Crippen LogP contribution is -2.22. The number of aryl methyl sites for hydroxylation is 1. The standard InChI is InChI=1S/C10H14FNO/c1-7-3-2-4-10(11)9(7)5-8(13)6-12/h2-4,8,13H,5-6,12H2,1H3. The molecule has 0 aromatic heterocycles. The maximum Gasteiger partial charge on any atom is 0.126 e.